The minimum atomic E-state index is -1.10. The van der Waals surface area contributed by atoms with Gasteiger partial charge in [0.05, 0.1) is 22.7 Å². The molecule has 10 nitrogen and oxygen atoms in total. The Kier molecular flexibility index (Phi) is 18.8. The number of anilines is 2. The van der Waals surface area contributed by atoms with Gasteiger partial charge in [0.2, 0.25) is 11.9 Å². The summed E-state index contributed by atoms with van der Waals surface area (Å²) in [6.07, 6.45) is 0.542. The van der Waals surface area contributed by atoms with Gasteiger partial charge >= 0.3 is 23.1 Å². The summed E-state index contributed by atoms with van der Waals surface area (Å²) in [7, 11) is 2.86. The third-order valence-corrected chi connectivity index (χ3v) is 6.87. The molecule has 0 saturated carbocycles. The molecule has 50 heavy (non-hydrogen) atoms. The number of ketones is 1. The number of nitrogens with one attached hydrogen (secondary N) is 2. The first-order chi connectivity index (χ1) is 22.3. The van der Waals surface area contributed by atoms with E-state index in [2.05, 4.69) is 41.6 Å². The summed E-state index contributed by atoms with van der Waals surface area (Å²) in [6.45, 7) is 18.0. The first kappa shape index (κ1) is 46.3. The number of rotatable bonds is 8. The van der Waals surface area contributed by atoms with Crippen LogP contribution >= 0.6 is 0 Å². The molecule has 0 fully saturated rings. The van der Waals surface area contributed by atoms with Crippen molar-refractivity contribution >= 4 is 52.0 Å². The zero-order valence-corrected chi connectivity index (χ0v) is 32.7. The minimum Gasteiger partial charge on any atom is -1.00 e. The van der Waals surface area contributed by atoms with Crippen molar-refractivity contribution in [2.45, 2.75) is 67.4 Å². The number of aromatic nitrogens is 4. The second kappa shape index (κ2) is 20.3. The molecule has 0 radical (unpaired) electrons. The predicted molar refractivity (Wildman–Crippen MR) is 190 cm³/mol. The first-order valence-corrected chi connectivity index (χ1v) is 15.5. The van der Waals surface area contributed by atoms with Crippen LogP contribution in [-0.2, 0) is 19.7 Å². The van der Waals surface area contributed by atoms with Gasteiger partial charge in [0.1, 0.15) is 11.1 Å². The van der Waals surface area contributed by atoms with Crippen molar-refractivity contribution in [3.05, 3.63) is 101 Å². The zero-order valence-electron chi connectivity index (χ0n) is 30.5. The topological polar surface area (TPSA) is 131 Å². The molecule has 0 aliphatic carbocycles. The van der Waals surface area contributed by atoms with Crippen molar-refractivity contribution in [3.8, 4) is 0 Å². The van der Waals surface area contributed by atoms with E-state index in [4.69, 9.17) is 0 Å². The van der Waals surface area contributed by atoms with Gasteiger partial charge in [0.15, 0.2) is 5.78 Å². The molecule has 4 aromatic rings. The second-order valence-corrected chi connectivity index (χ2v) is 12.6. The van der Waals surface area contributed by atoms with Gasteiger partial charge in [-0.15, -0.1) is 0 Å². The monoisotopic (exact) mass is 724 g/mol. The summed E-state index contributed by atoms with van der Waals surface area (Å²) in [5, 5.41) is 23.8. The van der Waals surface area contributed by atoms with Crippen molar-refractivity contribution in [2.24, 2.45) is 25.9 Å². The van der Waals surface area contributed by atoms with Crippen LogP contribution in [0.1, 0.15) is 96.0 Å². The van der Waals surface area contributed by atoms with E-state index < -0.39 is 29.3 Å². The number of benzene rings is 2. The molecule has 1 unspecified atom stereocenters. The Bertz CT molecular complexity index is 1750. The Morgan fingerprint density at radius 3 is 1.60 bits per heavy atom. The molecule has 0 spiro atoms. The standard InChI is InChI=1S/C18H24FN3O2.C14H14FN3O2.C4H9.ClH.Mg/c1-11(2)10-18(4,24)13-8-6-7-9-14(13)20-17(23)15-12(3)21-22(5)16(15)19;1-8-12(13(15)18(3)17-8)14(20)16-11-7-5-4-6-10(11)9(2)19;1-4(2)3;;/h6-9,11,24H,10H2,1-5H3,(H,20,23);4-7H,1-3H3,(H,16,20);4H,1H2,2-3H3;1H;/q;;-1;;+2/p-1. The van der Waals surface area contributed by atoms with E-state index in [1.807, 2.05) is 13.8 Å². The normalized spacial score (nSPS) is 11.5. The molecule has 2 aromatic carbocycles. The average molecular weight is 726 g/mol. The number of Topliss-reactive ketones (excluding diaryl/α,β-unsaturated/α-hetero) is 1. The molecule has 3 N–H and O–H groups in total. The summed E-state index contributed by atoms with van der Waals surface area (Å²) in [5.74, 6) is -1.91. The molecule has 2 aromatic heterocycles. The Balaban J connectivity index is 0.000000846. The molecule has 2 amide bonds. The molecule has 0 aliphatic rings. The number of nitrogens with zero attached hydrogens (tertiary/aromatic N) is 4. The first-order valence-electron chi connectivity index (χ1n) is 15.5. The molecule has 2 heterocycles. The molecular weight excluding hydrogens is 678 g/mol. The Morgan fingerprint density at radius 1 is 0.840 bits per heavy atom. The molecule has 4 rings (SSSR count). The fourth-order valence-corrected chi connectivity index (χ4v) is 5.01. The van der Waals surface area contributed by atoms with Crippen molar-refractivity contribution < 1.29 is 40.7 Å². The van der Waals surface area contributed by atoms with Crippen LogP contribution in [0.15, 0.2) is 48.5 Å². The van der Waals surface area contributed by atoms with Gasteiger partial charge in [0, 0.05) is 30.9 Å². The zero-order chi connectivity index (χ0) is 36.5. The summed E-state index contributed by atoms with van der Waals surface area (Å²) < 4.78 is 29.9. The van der Waals surface area contributed by atoms with Gasteiger partial charge < -0.3 is 35.1 Å². The third-order valence-electron chi connectivity index (χ3n) is 6.87. The summed E-state index contributed by atoms with van der Waals surface area (Å²) in [4.78, 5) is 36.1. The number of carbonyl (C=O) groups excluding carboxylic acids is 3. The van der Waals surface area contributed by atoms with Crippen LogP contribution in [0.5, 0.6) is 0 Å². The largest absolute Gasteiger partial charge is 2.00 e. The van der Waals surface area contributed by atoms with Crippen molar-refractivity contribution in [1.29, 1.82) is 0 Å². The van der Waals surface area contributed by atoms with Gasteiger partial charge in [-0.3, -0.25) is 14.4 Å². The van der Waals surface area contributed by atoms with E-state index in [1.165, 1.54) is 21.0 Å². The average Bonchev–Trinajstić information content (AvgIpc) is 3.38. The number of para-hydroxylation sites is 2. The van der Waals surface area contributed by atoms with Crippen LogP contribution < -0.4 is 23.0 Å². The molecule has 0 bridgehead atoms. The summed E-state index contributed by atoms with van der Waals surface area (Å²) >= 11 is 0. The predicted octanol–water partition coefficient (Wildman–Crippen LogP) is 3.80. The minimum absolute atomic E-state index is 0. The van der Waals surface area contributed by atoms with Crippen molar-refractivity contribution in [1.82, 2.24) is 19.6 Å². The Hall–Kier alpha value is -3.65. The van der Waals surface area contributed by atoms with Gasteiger partial charge in [-0.1, -0.05) is 58.0 Å². The van der Waals surface area contributed by atoms with Crippen LogP contribution in [-0.4, -0.2) is 65.3 Å². The summed E-state index contributed by atoms with van der Waals surface area (Å²) in [5.41, 5.74) is 1.12. The molecule has 268 valence electrons. The number of aliphatic hydroxyl groups is 1. The van der Waals surface area contributed by atoms with Gasteiger partial charge in [-0.05, 0) is 58.2 Å². The fraction of sp³-hybridized carbons (Fsp3) is 0.389. The quantitative estimate of drug-likeness (QED) is 0.144. The number of amides is 2. The number of hydrogen-bond donors (Lipinski definition) is 3. The SMILES string of the molecule is CC(=O)c1ccccc1NC(=O)c1c(C)nn(C)c1F.Cc1nn(C)c(F)c1C(=O)Nc1ccccc1C(C)(O)CC(C)C.[CH2-]C(C)C.[Cl-].[Mg+2]. The van der Waals surface area contributed by atoms with Crippen LogP contribution in [0.4, 0.5) is 20.2 Å². The third kappa shape index (κ3) is 12.6. The van der Waals surface area contributed by atoms with Crippen molar-refractivity contribution in [2.75, 3.05) is 10.6 Å². The molecular formula is C36H47ClF2MgN6O4. The number of hydrogen-bond acceptors (Lipinski definition) is 6. The maximum atomic E-state index is 14.1. The van der Waals surface area contributed by atoms with Gasteiger partial charge in [0.25, 0.3) is 11.8 Å². The number of aryl methyl sites for hydroxylation is 4. The van der Waals surface area contributed by atoms with E-state index >= 15 is 0 Å². The Labute approximate surface area is 316 Å². The Morgan fingerprint density at radius 2 is 1.22 bits per heavy atom. The smallest absolute Gasteiger partial charge is 1.00 e. The molecule has 0 aliphatic heterocycles. The van der Waals surface area contributed by atoms with E-state index in [9.17, 15) is 28.3 Å². The fourth-order valence-electron chi connectivity index (χ4n) is 5.01. The number of halogens is 3. The van der Waals surface area contributed by atoms with E-state index in [0.29, 0.717) is 46.2 Å². The maximum Gasteiger partial charge on any atom is 2.00 e. The maximum absolute atomic E-state index is 14.1. The van der Waals surface area contributed by atoms with E-state index in [0.717, 1.165) is 9.36 Å². The van der Waals surface area contributed by atoms with Gasteiger partial charge in [-0.25, -0.2) is 9.36 Å². The van der Waals surface area contributed by atoms with Crippen LogP contribution in [0.3, 0.4) is 0 Å². The molecule has 14 heteroatoms. The van der Waals surface area contributed by atoms with Gasteiger partial charge in [-0.2, -0.15) is 24.9 Å². The van der Waals surface area contributed by atoms with Crippen LogP contribution in [0, 0.1) is 44.5 Å². The molecule has 0 saturated heterocycles. The van der Waals surface area contributed by atoms with E-state index in [-0.39, 0.29) is 58.3 Å². The molecule has 1 atom stereocenters. The van der Waals surface area contributed by atoms with Crippen LogP contribution in [0.2, 0.25) is 0 Å². The van der Waals surface area contributed by atoms with E-state index in [1.54, 1.807) is 69.3 Å². The summed E-state index contributed by atoms with van der Waals surface area (Å²) in [6, 6.07) is 13.6. The second-order valence-electron chi connectivity index (χ2n) is 12.6. The van der Waals surface area contributed by atoms with Crippen molar-refractivity contribution in [3.63, 3.8) is 0 Å². The number of carbonyl (C=O) groups is 3. The van der Waals surface area contributed by atoms with Crippen LogP contribution in [0.25, 0.3) is 0 Å².